The molecule has 0 saturated carbocycles. The van der Waals surface area contributed by atoms with Crippen molar-refractivity contribution < 1.29 is 9.90 Å². The van der Waals surface area contributed by atoms with Crippen molar-refractivity contribution >= 4 is 11.7 Å². The third-order valence-corrected chi connectivity index (χ3v) is 3.18. The fraction of sp³-hybridized carbons (Fsp3) is 0.235. The molecular formula is C17H19NO2. The summed E-state index contributed by atoms with van der Waals surface area (Å²) in [6.45, 7) is 2.14. The van der Waals surface area contributed by atoms with Crippen LogP contribution in [0.4, 0.5) is 5.69 Å². The minimum Gasteiger partial charge on any atom is -0.479 e. The van der Waals surface area contributed by atoms with Crippen LogP contribution in [0.5, 0.6) is 0 Å². The number of carboxylic acids is 1. The minimum atomic E-state index is -0.881. The van der Waals surface area contributed by atoms with Gasteiger partial charge in [0.15, 0.2) is 6.04 Å². The first-order valence-corrected chi connectivity index (χ1v) is 6.84. The topological polar surface area (TPSA) is 49.3 Å². The van der Waals surface area contributed by atoms with Crippen LogP contribution in [0, 0.1) is 0 Å². The van der Waals surface area contributed by atoms with Gasteiger partial charge >= 0.3 is 5.97 Å². The number of carbonyl (C=O) groups is 1. The first kappa shape index (κ1) is 14.1. The number of nitrogens with one attached hydrogen (secondary N) is 1. The summed E-state index contributed by atoms with van der Waals surface area (Å²) in [4.78, 5) is 11.4. The van der Waals surface area contributed by atoms with Gasteiger partial charge in [-0.3, -0.25) is 0 Å². The van der Waals surface area contributed by atoms with Crippen molar-refractivity contribution in [1.29, 1.82) is 0 Å². The van der Waals surface area contributed by atoms with Gasteiger partial charge < -0.3 is 10.4 Å². The van der Waals surface area contributed by atoms with Gasteiger partial charge in [0.05, 0.1) is 0 Å². The number of aryl methyl sites for hydroxylation is 1. The Kier molecular flexibility index (Phi) is 4.77. The normalized spacial score (nSPS) is 11.8. The van der Waals surface area contributed by atoms with Gasteiger partial charge in [0.1, 0.15) is 0 Å². The smallest absolute Gasteiger partial charge is 0.330 e. The second kappa shape index (κ2) is 6.75. The van der Waals surface area contributed by atoms with Crippen molar-refractivity contribution in [1.82, 2.24) is 0 Å². The molecule has 0 heterocycles. The van der Waals surface area contributed by atoms with E-state index in [1.807, 2.05) is 54.6 Å². The Labute approximate surface area is 119 Å². The lowest BCUT2D eigenvalue weighted by Crippen LogP contribution is -2.20. The molecule has 0 spiro atoms. The highest BCUT2D eigenvalue weighted by Crippen LogP contribution is 2.20. The van der Waals surface area contributed by atoms with Crippen LogP contribution in [0.15, 0.2) is 54.6 Å². The Morgan fingerprint density at radius 2 is 1.75 bits per heavy atom. The van der Waals surface area contributed by atoms with Crippen LogP contribution in [0.1, 0.15) is 30.5 Å². The summed E-state index contributed by atoms with van der Waals surface area (Å²) in [5, 5.41) is 12.4. The molecule has 2 aromatic carbocycles. The number of anilines is 1. The van der Waals surface area contributed by atoms with Gasteiger partial charge in [-0.05, 0) is 29.7 Å². The molecule has 0 bridgehead atoms. The Bertz CT molecular complexity index is 549. The molecule has 0 fully saturated rings. The van der Waals surface area contributed by atoms with E-state index in [9.17, 15) is 9.90 Å². The van der Waals surface area contributed by atoms with E-state index in [2.05, 4.69) is 12.2 Å². The van der Waals surface area contributed by atoms with Gasteiger partial charge in [-0.15, -0.1) is 0 Å². The fourth-order valence-electron chi connectivity index (χ4n) is 2.16. The van der Waals surface area contributed by atoms with Gasteiger partial charge in [-0.2, -0.15) is 0 Å². The number of carboxylic acid groups (broad SMARTS) is 1. The van der Waals surface area contributed by atoms with Crippen molar-refractivity contribution in [3.05, 3.63) is 65.7 Å². The third kappa shape index (κ3) is 3.60. The average Bonchev–Trinajstić information content (AvgIpc) is 2.47. The highest BCUT2D eigenvalue weighted by molar-refractivity contribution is 5.79. The van der Waals surface area contributed by atoms with Gasteiger partial charge in [0.25, 0.3) is 0 Å². The van der Waals surface area contributed by atoms with Crippen LogP contribution in [-0.2, 0) is 11.2 Å². The molecule has 104 valence electrons. The number of hydrogen-bond donors (Lipinski definition) is 2. The molecule has 2 aromatic rings. The van der Waals surface area contributed by atoms with Crippen molar-refractivity contribution in [2.75, 3.05) is 5.32 Å². The van der Waals surface area contributed by atoms with Crippen LogP contribution >= 0.6 is 0 Å². The predicted molar refractivity (Wildman–Crippen MR) is 80.9 cm³/mol. The Balaban J connectivity index is 2.14. The van der Waals surface area contributed by atoms with E-state index < -0.39 is 12.0 Å². The zero-order chi connectivity index (χ0) is 14.4. The number of benzene rings is 2. The highest BCUT2D eigenvalue weighted by Gasteiger charge is 2.18. The van der Waals surface area contributed by atoms with E-state index in [1.165, 1.54) is 5.56 Å². The standard InChI is InChI=1S/C17H19NO2/c1-2-6-13-9-11-15(12-10-13)18-16(17(19)20)14-7-4-3-5-8-14/h3-5,7-12,16,18H,2,6H2,1H3,(H,19,20). The number of rotatable bonds is 6. The Morgan fingerprint density at radius 1 is 1.10 bits per heavy atom. The fourth-order valence-corrected chi connectivity index (χ4v) is 2.16. The van der Waals surface area contributed by atoms with Crippen LogP contribution < -0.4 is 5.32 Å². The van der Waals surface area contributed by atoms with E-state index >= 15 is 0 Å². The van der Waals surface area contributed by atoms with E-state index in [1.54, 1.807) is 0 Å². The average molecular weight is 269 g/mol. The van der Waals surface area contributed by atoms with Crippen molar-refractivity contribution in [2.24, 2.45) is 0 Å². The predicted octanol–water partition coefficient (Wildman–Crippen LogP) is 3.88. The Morgan fingerprint density at radius 3 is 2.30 bits per heavy atom. The minimum absolute atomic E-state index is 0.728. The Hall–Kier alpha value is -2.29. The monoisotopic (exact) mass is 269 g/mol. The second-order valence-corrected chi connectivity index (χ2v) is 4.77. The molecule has 3 heteroatoms. The summed E-state index contributed by atoms with van der Waals surface area (Å²) >= 11 is 0. The van der Waals surface area contributed by atoms with Crippen LogP contribution in [0.3, 0.4) is 0 Å². The molecule has 2 N–H and O–H groups in total. The maximum Gasteiger partial charge on any atom is 0.330 e. The molecule has 3 nitrogen and oxygen atoms in total. The molecule has 2 rings (SSSR count). The summed E-state index contributed by atoms with van der Waals surface area (Å²) in [5.41, 5.74) is 2.84. The summed E-state index contributed by atoms with van der Waals surface area (Å²) in [6.07, 6.45) is 2.15. The third-order valence-electron chi connectivity index (χ3n) is 3.18. The van der Waals surface area contributed by atoms with Crippen LogP contribution in [-0.4, -0.2) is 11.1 Å². The lowest BCUT2D eigenvalue weighted by molar-refractivity contribution is -0.138. The summed E-state index contributed by atoms with van der Waals surface area (Å²) in [5.74, 6) is -0.881. The number of aliphatic carboxylic acids is 1. The maximum atomic E-state index is 11.4. The second-order valence-electron chi connectivity index (χ2n) is 4.77. The van der Waals surface area contributed by atoms with Gasteiger partial charge in [-0.1, -0.05) is 55.8 Å². The summed E-state index contributed by atoms with van der Waals surface area (Å²) in [7, 11) is 0. The first-order chi connectivity index (χ1) is 9.70. The molecule has 0 aliphatic carbocycles. The SMILES string of the molecule is CCCc1ccc(NC(C(=O)O)c2ccccc2)cc1. The molecule has 1 unspecified atom stereocenters. The quantitative estimate of drug-likeness (QED) is 0.836. The molecule has 0 radical (unpaired) electrons. The summed E-state index contributed by atoms with van der Waals surface area (Å²) < 4.78 is 0. The molecule has 0 amide bonds. The van der Waals surface area contributed by atoms with Crippen molar-refractivity contribution in [2.45, 2.75) is 25.8 Å². The van der Waals surface area contributed by atoms with E-state index in [-0.39, 0.29) is 0 Å². The van der Waals surface area contributed by atoms with Crippen LogP contribution in [0.2, 0.25) is 0 Å². The lowest BCUT2D eigenvalue weighted by atomic mass is 10.1. The highest BCUT2D eigenvalue weighted by atomic mass is 16.4. The molecule has 0 aliphatic rings. The largest absolute Gasteiger partial charge is 0.479 e. The molecule has 1 atom stereocenters. The van der Waals surface area contributed by atoms with Crippen molar-refractivity contribution in [3.63, 3.8) is 0 Å². The molecular weight excluding hydrogens is 250 g/mol. The van der Waals surface area contributed by atoms with Gasteiger partial charge in [0, 0.05) is 5.69 Å². The number of hydrogen-bond acceptors (Lipinski definition) is 2. The van der Waals surface area contributed by atoms with Crippen LogP contribution in [0.25, 0.3) is 0 Å². The van der Waals surface area contributed by atoms with E-state index in [4.69, 9.17) is 0 Å². The first-order valence-electron chi connectivity index (χ1n) is 6.84. The maximum absolute atomic E-state index is 11.4. The molecule has 20 heavy (non-hydrogen) atoms. The summed E-state index contributed by atoms with van der Waals surface area (Å²) in [6, 6.07) is 16.4. The van der Waals surface area contributed by atoms with E-state index in [0.717, 1.165) is 24.1 Å². The molecule has 0 aliphatic heterocycles. The van der Waals surface area contributed by atoms with Gasteiger partial charge in [-0.25, -0.2) is 4.79 Å². The van der Waals surface area contributed by atoms with Crippen molar-refractivity contribution in [3.8, 4) is 0 Å². The zero-order valence-electron chi connectivity index (χ0n) is 11.5. The molecule has 0 aromatic heterocycles. The zero-order valence-corrected chi connectivity index (χ0v) is 11.5. The van der Waals surface area contributed by atoms with Gasteiger partial charge in [0.2, 0.25) is 0 Å². The lowest BCUT2D eigenvalue weighted by Gasteiger charge is -2.16. The van der Waals surface area contributed by atoms with E-state index in [0.29, 0.717) is 0 Å². The molecule has 0 saturated heterocycles.